The Bertz CT molecular complexity index is 708. The summed E-state index contributed by atoms with van der Waals surface area (Å²) in [6.07, 6.45) is -0.453. The second-order valence-corrected chi connectivity index (χ2v) is 8.54. The Morgan fingerprint density at radius 2 is 1.14 bits per heavy atom. The van der Waals surface area contributed by atoms with E-state index in [0.29, 0.717) is 85.0 Å². The topological polar surface area (TPSA) is 123 Å². The molecule has 0 aliphatic rings. The van der Waals surface area contributed by atoms with E-state index in [1.165, 1.54) is 6.92 Å². The molecule has 1 aromatic rings. The van der Waals surface area contributed by atoms with Crippen molar-refractivity contribution >= 4 is 17.7 Å². The molecule has 0 aliphatic heterocycles. The first-order chi connectivity index (χ1) is 17.3. The van der Waals surface area contributed by atoms with Gasteiger partial charge < -0.3 is 43.8 Å². The molecule has 11 nitrogen and oxygen atoms in total. The Labute approximate surface area is 214 Å². The molecule has 0 aromatic heterocycles. The van der Waals surface area contributed by atoms with Crippen LogP contribution in [0.2, 0.25) is 0 Å². The minimum absolute atomic E-state index is 0.110. The van der Waals surface area contributed by atoms with Crippen LogP contribution in [-0.4, -0.2) is 96.8 Å². The lowest BCUT2D eigenvalue weighted by molar-refractivity contribution is -0.114. The first-order valence-electron chi connectivity index (χ1n) is 12.1. The SMILES string of the molecule is CC(=O)Nc1ccc(OCCOCCOCCOCCOCCOCCNC(=O)OC(C)(C)C)cc1. The van der Waals surface area contributed by atoms with Crippen molar-refractivity contribution in [1.29, 1.82) is 0 Å². The fourth-order valence-corrected chi connectivity index (χ4v) is 2.58. The molecule has 0 bridgehead atoms. The maximum Gasteiger partial charge on any atom is 0.407 e. The van der Waals surface area contributed by atoms with Gasteiger partial charge in [-0.3, -0.25) is 4.79 Å². The highest BCUT2D eigenvalue weighted by Gasteiger charge is 2.15. The summed E-state index contributed by atoms with van der Waals surface area (Å²) < 4.78 is 37.8. The zero-order chi connectivity index (χ0) is 26.5. The molecule has 0 heterocycles. The molecule has 0 saturated heterocycles. The van der Waals surface area contributed by atoms with Crippen molar-refractivity contribution in [3.05, 3.63) is 24.3 Å². The molecule has 0 atom stereocenters. The van der Waals surface area contributed by atoms with Gasteiger partial charge in [-0.05, 0) is 45.0 Å². The summed E-state index contributed by atoms with van der Waals surface area (Å²) in [5.74, 6) is 0.603. The lowest BCUT2D eigenvalue weighted by Gasteiger charge is -2.19. The Kier molecular flexibility index (Phi) is 17.3. The van der Waals surface area contributed by atoms with Crippen molar-refractivity contribution in [2.45, 2.75) is 33.3 Å². The van der Waals surface area contributed by atoms with Crippen molar-refractivity contribution in [2.24, 2.45) is 0 Å². The molecule has 0 spiro atoms. The van der Waals surface area contributed by atoms with Crippen LogP contribution in [0.5, 0.6) is 5.75 Å². The van der Waals surface area contributed by atoms with Gasteiger partial charge in [-0.15, -0.1) is 0 Å². The van der Waals surface area contributed by atoms with Gasteiger partial charge in [-0.2, -0.15) is 0 Å². The van der Waals surface area contributed by atoms with E-state index in [9.17, 15) is 9.59 Å². The number of hydrogen-bond acceptors (Lipinski definition) is 9. The average molecular weight is 515 g/mol. The van der Waals surface area contributed by atoms with Gasteiger partial charge in [0, 0.05) is 19.2 Å². The third-order valence-corrected chi connectivity index (χ3v) is 4.07. The minimum Gasteiger partial charge on any atom is -0.491 e. The van der Waals surface area contributed by atoms with E-state index in [4.69, 9.17) is 33.2 Å². The van der Waals surface area contributed by atoms with Crippen LogP contribution in [0.4, 0.5) is 10.5 Å². The molecule has 0 fully saturated rings. The summed E-state index contributed by atoms with van der Waals surface area (Å²) in [6, 6.07) is 7.15. The predicted molar refractivity (Wildman–Crippen MR) is 135 cm³/mol. The van der Waals surface area contributed by atoms with Gasteiger partial charge in [-0.1, -0.05) is 0 Å². The molecule has 2 amide bonds. The molecule has 0 unspecified atom stereocenters. The molecular weight excluding hydrogens is 472 g/mol. The van der Waals surface area contributed by atoms with Crippen LogP contribution in [0.1, 0.15) is 27.7 Å². The molecule has 0 radical (unpaired) electrons. The van der Waals surface area contributed by atoms with Crippen molar-refractivity contribution in [3.8, 4) is 5.75 Å². The summed E-state index contributed by atoms with van der Waals surface area (Å²) in [5, 5.41) is 5.32. The summed E-state index contributed by atoms with van der Waals surface area (Å²) in [5.41, 5.74) is 0.220. The Morgan fingerprint density at radius 1 is 0.694 bits per heavy atom. The number of carbonyl (C=O) groups is 2. The Morgan fingerprint density at radius 3 is 1.58 bits per heavy atom. The number of amides is 2. The lowest BCUT2D eigenvalue weighted by atomic mass is 10.2. The highest BCUT2D eigenvalue weighted by atomic mass is 16.6. The molecule has 2 N–H and O–H groups in total. The number of carbonyl (C=O) groups excluding carboxylic acids is 2. The van der Waals surface area contributed by atoms with E-state index in [1.54, 1.807) is 24.3 Å². The van der Waals surface area contributed by atoms with E-state index in [1.807, 2.05) is 20.8 Å². The monoisotopic (exact) mass is 514 g/mol. The smallest absolute Gasteiger partial charge is 0.407 e. The molecule has 206 valence electrons. The summed E-state index contributed by atoms with van der Waals surface area (Å²) in [4.78, 5) is 22.4. The van der Waals surface area contributed by atoms with Crippen molar-refractivity contribution < 1.29 is 42.7 Å². The first kappa shape index (κ1) is 31.6. The fourth-order valence-electron chi connectivity index (χ4n) is 2.58. The predicted octanol–water partition coefficient (Wildman–Crippen LogP) is 2.63. The summed E-state index contributed by atoms with van der Waals surface area (Å²) in [7, 11) is 0. The number of ether oxygens (including phenoxy) is 7. The standard InChI is InChI=1S/C25H42N2O9/c1-21(28)27-22-5-7-23(8-6-22)35-20-19-34-18-17-33-16-15-32-14-13-31-12-11-30-10-9-26-24(29)36-25(2,3)4/h5-8H,9-20H2,1-4H3,(H,26,29)(H,27,28). The van der Waals surface area contributed by atoms with E-state index in [0.717, 1.165) is 5.69 Å². The van der Waals surface area contributed by atoms with Gasteiger partial charge >= 0.3 is 6.09 Å². The van der Waals surface area contributed by atoms with Gasteiger partial charge in [0.15, 0.2) is 0 Å². The van der Waals surface area contributed by atoms with Gasteiger partial charge in [0.05, 0.1) is 66.1 Å². The highest BCUT2D eigenvalue weighted by Crippen LogP contribution is 2.15. The van der Waals surface area contributed by atoms with Gasteiger partial charge in [0.1, 0.15) is 18.0 Å². The molecule has 36 heavy (non-hydrogen) atoms. The molecule has 11 heteroatoms. The molecule has 1 rings (SSSR count). The maximum atomic E-state index is 11.4. The summed E-state index contributed by atoms with van der Waals surface area (Å²) >= 11 is 0. The molecule has 0 saturated carbocycles. The van der Waals surface area contributed by atoms with Crippen LogP contribution in [0.3, 0.4) is 0 Å². The largest absolute Gasteiger partial charge is 0.491 e. The minimum atomic E-state index is -0.510. The van der Waals surface area contributed by atoms with E-state index >= 15 is 0 Å². The first-order valence-corrected chi connectivity index (χ1v) is 12.1. The quantitative estimate of drug-likeness (QED) is 0.253. The van der Waals surface area contributed by atoms with Crippen LogP contribution in [0.15, 0.2) is 24.3 Å². The molecule has 1 aromatic carbocycles. The van der Waals surface area contributed by atoms with E-state index in [-0.39, 0.29) is 5.91 Å². The Balaban J connectivity index is 1.77. The van der Waals surface area contributed by atoms with Gasteiger partial charge in [-0.25, -0.2) is 4.79 Å². The van der Waals surface area contributed by atoms with Crippen molar-refractivity contribution in [1.82, 2.24) is 5.32 Å². The number of nitrogens with one attached hydrogen (secondary N) is 2. The number of anilines is 1. The number of rotatable bonds is 20. The number of hydrogen-bond donors (Lipinski definition) is 2. The van der Waals surface area contributed by atoms with Crippen LogP contribution >= 0.6 is 0 Å². The average Bonchev–Trinajstić information content (AvgIpc) is 2.80. The third kappa shape index (κ3) is 19.8. The second-order valence-electron chi connectivity index (χ2n) is 8.54. The summed E-state index contributed by atoms with van der Waals surface area (Å²) in [6.45, 7) is 12.3. The second kappa shape index (κ2) is 19.7. The maximum absolute atomic E-state index is 11.4. The van der Waals surface area contributed by atoms with Crippen LogP contribution in [-0.2, 0) is 33.2 Å². The van der Waals surface area contributed by atoms with Crippen molar-refractivity contribution in [2.75, 3.05) is 84.5 Å². The van der Waals surface area contributed by atoms with Crippen LogP contribution in [0.25, 0.3) is 0 Å². The van der Waals surface area contributed by atoms with E-state index in [2.05, 4.69) is 10.6 Å². The zero-order valence-corrected chi connectivity index (χ0v) is 22.0. The van der Waals surface area contributed by atoms with Crippen molar-refractivity contribution in [3.63, 3.8) is 0 Å². The third-order valence-electron chi connectivity index (χ3n) is 4.07. The van der Waals surface area contributed by atoms with Gasteiger partial charge in [0.25, 0.3) is 0 Å². The van der Waals surface area contributed by atoms with Gasteiger partial charge in [0.2, 0.25) is 5.91 Å². The van der Waals surface area contributed by atoms with Crippen LogP contribution in [0, 0.1) is 0 Å². The molecule has 0 aliphatic carbocycles. The fraction of sp³-hybridized carbons (Fsp3) is 0.680. The van der Waals surface area contributed by atoms with E-state index < -0.39 is 11.7 Å². The van der Waals surface area contributed by atoms with Crippen LogP contribution < -0.4 is 15.4 Å². The highest BCUT2D eigenvalue weighted by molar-refractivity contribution is 5.88. The molecular formula is C25H42N2O9. The lowest BCUT2D eigenvalue weighted by Crippen LogP contribution is -2.34. The number of alkyl carbamates (subject to hydrolysis) is 1. The normalized spacial score (nSPS) is 11.2. The number of benzene rings is 1. The Hall–Kier alpha value is -2.44. The zero-order valence-electron chi connectivity index (χ0n) is 22.0.